The Balaban J connectivity index is 1.85. The topological polar surface area (TPSA) is 85.8 Å². The summed E-state index contributed by atoms with van der Waals surface area (Å²) in [6.07, 6.45) is 5.14. The number of aromatic nitrogens is 7. The fourth-order valence-electron chi connectivity index (χ4n) is 1.70. The van der Waals surface area contributed by atoms with Gasteiger partial charge in [-0.2, -0.15) is 9.61 Å². The number of nitrogens with zero attached hydrogens (tertiary/aromatic N) is 7. The molecule has 3 aromatic rings. The first-order valence-electron chi connectivity index (χ1n) is 5.49. The SMILES string of the molecule is Cc1c(CNc2cncc3nnnn23)cnn1C. The van der Waals surface area contributed by atoms with Gasteiger partial charge >= 0.3 is 0 Å². The summed E-state index contributed by atoms with van der Waals surface area (Å²) in [5, 5.41) is 18.8. The minimum atomic E-state index is 0.614. The Morgan fingerprint density at radius 3 is 2.94 bits per heavy atom. The van der Waals surface area contributed by atoms with E-state index in [1.165, 1.54) is 0 Å². The minimum absolute atomic E-state index is 0.614. The van der Waals surface area contributed by atoms with Crippen molar-refractivity contribution < 1.29 is 0 Å². The van der Waals surface area contributed by atoms with Crippen molar-refractivity contribution in [2.24, 2.45) is 7.05 Å². The molecule has 0 aliphatic heterocycles. The van der Waals surface area contributed by atoms with Crippen molar-refractivity contribution >= 4 is 11.5 Å². The Morgan fingerprint density at radius 2 is 2.17 bits per heavy atom. The minimum Gasteiger partial charge on any atom is -0.364 e. The molecule has 0 aliphatic rings. The van der Waals surface area contributed by atoms with Gasteiger partial charge in [-0.1, -0.05) is 0 Å². The first-order valence-corrected chi connectivity index (χ1v) is 5.49. The summed E-state index contributed by atoms with van der Waals surface area (Å²) in [4.78, 5) is 4.08. The second kappa shape index (κ2) is 4.06. The number of aryl methyl sites for hydroxylation is 1. The van der Waals surface area contributed by atoms with E-state index in [2.05, 4.69) is 30.9 Å². The van der Waals surface area contributed by atoms with Crippen molar-refractivity contribution in [1.82, 2.24) is 34.8 Å². The largest absolute Gasteiger partial charge is 0.364 e. The highest BCUT2D eigenvalue weighted by molar-refractivity contribution is 5.44. The standard InChI is InChI=1S/C10H12N8/c1-7-8(4-13-17(7)2)3-12-9-5-11-6-10-14-15-16-18(9)10/h4-6,12H,3H2,1-2H3. The van der Waals surface area contributed by atoms with Crippen molar-refractivity contribution in [3.8, 4) is 0 Å². The molecule has 0 saturated heterocycles. The summed E-state index contributed by atoms with van der Waals surface area (Å²) < 4.78 is 3.45. The molecule has 18 heavy (non-hydrogen) atoms. The van der Waals surface area contributed by atoms with E-state index in [-0.39, 0.29) is 0 Å². The molecular formula is C10H12N8. The third kappa shape index (κ3) is 1.67. The smallest absolute Gasteiger partial charge is 0.199 e. The lowest BCUT2D eigenvalue weighted by molar-refractivity contribution is 0.738. The lowest BCUT2D eigenvalue weighted by atomic mass is 10.2. The van der Waals surface area contributed by atoms with Crippen LogP contribution in [0.5, 0.6) is 0 Å². The number of hydrogen-bond acceptors (Lipinski definition) is 6. The quantitative estimate of drug-likeness (QED) is 0.707. The fourth-order valence-corrected chi connectivity index (χ4v) is 1.70. The lowest BCUT2D eigenvalue weighted by Gasteiger charge is -2.06. The molecule has 0 radical (unpaired) electrons. The van der Waals surface area contributed by atoms with Gasteiger partial charge in [0.2, 0.25) is 0 Å². The average Bonchev–Trinajstić information content (AvgIpc) is 2.97. The molecule has 0 fully saturated rings. The monoisotopic (exact) mass is 244 g/mol. The number of hydrogen-bond donors (Lipinski definition) is 1. The van der Waals surface area contributed by atoms with Crippen molar-refractivity contribution in [3.05, 3.63) is 29.8 Å². The molecule has 0 bridgehead atoms. The van der Waals surface area contributed by atoms with E-state index in [0.717, 1.165) is 17.1 Å². The predicted octanol–water partition coefficient (Wildman–Crippen LogP) is 0.173. The van der Waals surface area contributed by atoms with Crippen molar-refractivity contribution in [2.45, 2.75) is 13.5 Å². The van der Waals surface area contributed by atoms with E-state index in [4.69, 9.17) is 0 Å². The first-order chi connectivity index (χ1) is 8.75. The molecule has 1 N–H and O–H groups in total. The van der Waals surface area contributed by atoms with Crippen LogP contribution in [0.3, 0.4) is 0 Å². The van der Waals surface area contributed by atoms with Crippen molar-refractivity contribution in [1.29, 1.82) is 0 Å². The average molecular weight is 244 g/mol. The van der Waals surface area contributed by atoms with Gasteiger partial charge in [0.1, 0.15) is 0 Å². The molecule has 3 heterocycles. The fraction of sp³-hybridized carbons (Fsp3) is 0.300. The Bertz CT molecular complexity index is 682. The molecule has 0 amide bonds. The third-order valence-electron chi connectivity index (χ3n) is 2.91. The van der Waals surface area contributed by atoms with Crippen LogP contribution in [0.4, 0.5) is 5.82 Å². The number of tetrazole rings is 1. The molecule has 0 unspecified atom stereocenters. The van der Waals surface area contributed by atoms with Crippen LogP contribution in [0.25, 0.3) is 5.65 Å². The van der Waals surface area contributed by atoms with Crippen LogP contribution < -0.4 is 5.32 Å². The highest BCUT2D eigenvalue weighted by Crippen LogP contribution is 2.10. The Morgan fingerprint density at radius 1 is 1.28 bits per heavy atom. The van der Waals surface area contributed by atoms with Gasteiger partial charge in [0, 0.05) is 24.8 Å². The zero-order valence-corrected chi connectivity index (χ0v) is 10.1. The van der Waals surface area contributed by atoms with Crippen LogP contribution in [-0.2, 0) is 13.6 Å². The maximum Gasteiger partial charge on any atom is 0.199 e. The number of anilines is 1. The highest BCUT2D eigenvalue weighted by atomic mass is 15.5. The summed E-state index contributed by atoms with van der Waals surface area (Å²) in [7, 11) is 1.92. The summed E-state index contributed by atoms with van der Waals surface area (Å²) in [5.41, 5.74) is 2.87. The molecule has 0 saturated carbocycles. The van der Waals surface area contributed by atoms with E-state index in [1.807, 2.05) is 24.9 Å². The van der Waals surface area contributed by atoms with E-state index < -0.39 is 0 Å². The molecule has 92 valence electrons. The van der Waals surface area contributed by atoms with E-state index in [0.29, 0.717) is 12.2 Å². The molecule has 3 aromatic heterocycles. The number of nitrogens with one attached hydrogen (secondary N) is 1. The van der Waals surface area contributed by atoms with Crippen LogP contribution in [0.1, 0.15) is 11.3 Å². The van der Waals surface area contributed by atoms with Crippen LogP contribution in [0.15, 0.2) is 18.6 Å². The summed E-state index contributed by atoms with van der Waals surface area (Å²) in [6, 6.07) is 0. The van der Waals surface area contributed by atoms with E-state index in [1.54, 1.807) is 16.9 Å². The second-order valence-corrected chi connectivity index (χ2v) is 3.97. The molecule has 0 atom stereocenters. The first kappa shape index (κ1) is 10.6. The molecule has 3 rings (SSSR count). The maximum atomic E-state index is 4.19. The van der Waals surface area contributed by atoms with Crippen LogP contribution >= 0.6 is 0 Å². The molecule has 0 spiro atoms. The van der Waals surface area contributed by atoms with Gasteiger partial charge in [-0.15, -0.1) is 5.10 Å². The Kier molecular flexibility index (Phi) is 2.40. The normalized spacial score (nSPS) is 11.0. The molecular weight excluding hydrogens is 232 g/mol. The van der Waals surface area contributed by atoms with Gasteiger partial charge in [0.25, 0.3) is 0 Å². The molecule has 0 aliphatic carbocycles. The van der Waals surface area contributed by atoms with Crippen LogP contribution in [0.2, 0.25) is 0 Å². The van der Waals surface area contributed by atoms with Gasteiger partial charge < -0.3 is 5.32 Å². The number of fused-ring (bicyclic) bond motifs is 1. The summed E-state index contributed by atoms with van der Waals surface area (Å²) in [6.45, 7) is 2.68. The summed E-state index contributed by atoms with van der Waals surface area (Å²) in [5.74, 6) is 0.751. The van der Waals surface area contributed by atoms with Crippen molar-refractivity contribution in [3.63, 3.8) is 0 Å². The second-order valence-electron chi connectivity index (χ2n) is 3.97. The Hall–Kier alpha value is -2.51. The van der Waals surface area contributed by atoms with Gasteiger partial charge in [-0.25, -0.2) is 0 Å². The summed E-state index contributed by atoms with van der Waals surface area (Å²) >= 11 is 0. The third-order valence-corrected chi connectivity index (χ3v) is 2.91. The predicted molar refractivity (Wildman–Crippen MR) is 63.8 cm³/mol. The zero-order chi connectivity index (χ0) is 12.5. The van der Waals surface area contributed by atoms with Gasteiger partial charge in [0.15, 0.2) is 11.5 Å². The van der Waals surface area contributed by atoms with Gasteiger partial charge in [-0.05, 0) is 17.4 Å². The van der Waals surface area contributed by atoms with Gasteiger partial charge in [-0.3, -0.25) is 9.67 Å². The van der Waals surface area contributed by atoms with E-state index in [9.17, 15) is 0 Å². The molecule has 8 nitrogen and oxygen atoms in total. The number of rotatable bonds is 3. The Labute approximate surface area is 103 Å². The molecule has 8 heteroatoms. The van der Waals surface area contributed by atoms with Gasteiger partial charge in [0.05, 0.1) is 18.6 Å². The van der Waals surface area contributed by atoms with Crippen LogP contribution in [0, 0.1) is 6.92 Å². The van der Waals surface area contributed by atoms with Crippen LogP contribution in [-0.4, -0.2) is 34.8 Å². The zero-order valence-electron chi connectivity index (χ0n) is 10.1. The maximum absolute atomic E-state index is 4.19. The lowest BCUT2D eigenvalue weighted by Crippen LogP contribution is -2.06. The highest BCUT2D eigenvalue weighted by Gasteiger charge is 2.06. The van der Waals surface area contributed by atoms with Crippen molar-refractivity contribution in [2.75, 3.05) is 5.32 Å². The van der Waals surface area contributed by atoms with E-state index >= 15 is 0 Å². The molecule has 0 aromatic carbocycles.